The van der Waals surface area contributed by atoms with E-state index in [2.05, 4.69) is 5.32 Å². The monoisotopic (exact) mass is 585 g/mol. The molecule has 0 saturated carbocycles. The third-order valence-electron chi connectivity index (χ3n) is 6.40. The Labute approximate surface area is 241 Å². The quantitative estimate of drug-likeness (QED) is 0.321. The number of benzene rings is 3. The van der Waals surface area contributed by atoms with E-state index in [1.807, 2.05) is 19.9 Å². The zero-order valence-corrected chi connectivity index (χ0v) is 25.0. The summed E-state index contributed by atoms with van der Waals surface area (Å²) in [5.41, 5.74) is 1.78. The van der Waals surface area contributed by atoms with Gasteiger partial charge in [-0.3, -0.25) is 13.9 Å². The lowest BCUT2D eigenvalue weighted by molar-refractivity contribution is -0.139. The molecule has 0 bridgehead atoms. The van der Waals surface area contributed by atoms with Crippen molar-refractivity contribution in [3.05, 3.63) is 88.9 Å². The van der Waals surface area contributed by atoms with Crippen LogP contribution in [0.5, 0.6) is 5.75 Å². The maximum atomic E-state index is 14.0. The minimum atomic E-state index is -4.17. The number of carbonyl (C=O) groups is 2. The second-order valence-electron chi connectivity index (χ2n) is 9.94. The summed E-state index contributed by atoms with van der Waals surface area (Å²) in [5.74, 6) is -0.0304. The van der Waals surface area contributed by atoms with E-state index in [-0.39, 0.29) is 23.3 Å². The highest BCUT2D eigenvalue weighted by Gasteiger charge is 2.33. The number of nitrogens with one attached hydrogen (secondary N) is 1. The molecule has 40 heavy (non-hydrogen) atoms. The van der Waals surface area contributed by atoms with Gasteiger partial charge in [0.1, 0.15) is 18.3 Å². The first-order chi connectivity index (χ1) is 18.9. The van der Waals surface area contributed by atoms with Gasteiger partial charge in [-0.25, -0.2) is 8.42 Å². The fourth-order valence-electron chi connectivity index (χ4n) is 4.09. The van der Waals surface area contributed by atoms with Crippen molar-refractivity contribution in [3.8, 4) is 5.75 Å². The molecule has 0 saturated heterocycles. The van der Waals surface area contributed by atoms with Crippen LogP contribution in [-0.4, -0.2) is 51.4 Å². The molecule has 0 aliphatic heterocycles. The summed E-state index contributed by atoms with van der Waals surface area (Å²) in [6, 6.07) is 19.1. The molecule has 0 aliphatic rings. The van der Waals surface area contributed by atoms with Crippen LogP contribution in [0.3, 0.4) is 0 Å². The first-order valence-corrected chi connectivity index (χ1v) is 14.8. The molecule has 0 radical (unpaired) electrons. The third-order valence-corrected chi connectivity index (χ3v) is 8.43. The second-order valence-corrected chi connectivity index (χ2v) is 12.2. The molecular formula is C30H36ClN3O5S. The van der Waals surface area contributed by atoms with Crippen LogP contribution in [0, 0.1) is 12.8 Å². The number of sulfonamides is 1. The highest BCUT2D eigenvalue weighted by molar-refractivity contribution is 7.92. The van der Waals surface area contributed by atoms with Crippen LogP contribution in [-0.2, 0) is 26.2 Å². The van der Waals surface area contributed by atoms with E-state index in [9.17, 15) is 18.0 Å². The van der Waals surface area contributed by atoms with Crippen LogP contribution in [0.15, 0.2) is 77.7 Å². The van der Waals surface area contributed by atoms with Crippen molar-refractivity contribution in [1.82, 2.24) is 10.2 Å². The topological polar surface area (TPSA) is 96.0 Å². The Kier molecular flexibility index (Phi) is 10.6. The Hall–Kier alpha value is -3.56. The lowest BCUT2D eigenvalue weighted by Crippen LogP contribution is -2.51. The van der Waals surface area contributed by atoms with Gasteiger partial charge in [0.05, 0.1) is 17.7 Å². The summed E-state index contributed by atoms with van der Waals surface area (Å²) in [6.45, 7) is 7.39. The number of carbonyl (C=O) groups excluding carboxylic acids is 2. The van der Waals surface area contributed by atoms with E-state index >= 15 is 0 Å². The van der Waals surface area contributed by atoms with Crippen LogP contribution in [0.2, 0.25) is 5.02 Å². The summed E-state index contributed by atoms with van der Waals surface area (Å²) in [4.78, 5) is 28.5. The Balaban J connectivity index is 2.03. The Morgan fingerprint density at radius 1 is 0.975 bits per heavy atom. The predicted molar refractivity (Wildman–Crippen MR) is 158 cm³/mol. The van der Waals surface area contributed by atoms with Crippen molar-refractivity contribution >= 4 is 39.1 Å². The molecule has 3 aromatic rings. The highest BCUT2D eigenvalue weighted by atomic mass is 35.5. The average molecular weight is 586 g/mol. The number of aryl methyl sites for hydroxylation is 1. The second kappa shape index (κ2) is 13.7. The van der Waals surface area contributed by atoms with Crippen molar-refractivity contribution in [2.75, 3.05) is 24.5 Å². The van der Waals surface area contributed by atoms with Gasteiger partial charge >= 0.3 is 0 Å². The number of rotatable bonds is 12. The Morgan fingerprint density at radius 2 is 1.65 bits per heavy atom. The lowest BCUT2D eigenvalue weighted by atomic mass is 10.1. The molecule has 0 aliphatic carbocycles. The number of methoxy groups -OCH3 is 1. The third kappa shape index (κ3) is 7.76. The molecule has 1 unspecified atom stereocenters. The fourth-order valence-corrected chi connectivity index (χ4v) is 5.70. The molecule has 214 valence electrons. The minimum Gasteiger partial charge on any atom is -0.497 e. The fraction of sp³-hybridized carbons (Fsp3) is 0.333. The maximum absolute atomic E-state index is 14.0. The van der Waals surface area contributed by atoms with E-state index in [1.54, 1.807) is 63.4 Å². The zero-order chi connectivity index (χ0) is 29.4. The normalized spacial score (nSPS) is 12.1. The number of halogens is 1. The van der Waals surface area contributed by atoms with E-state index in [0.29, 0.717) is 28.6 Å². The predicted octanol–water partition coefficient (Wildman–Crippen LogP) is 5.04. The van der Waals surface area contributed by atoms with E-state index < -0.39 is 28.5 Å². The van der Waals surface area contributed by atoms with Gasteiger partial charge < -0.3 is 15.0 Å². The number of hydrogen-bond donors (Lipinski definition) is 1. The van der Waals surface area contributed by atoms with E-state index in [0.717, 1.165) is 9.87 Å². The molecule has 2 amide bonds. The highest BCUT2D eigenvalue weighted by Crippen LogP contribution is 2.28. The van der Waals surface area contributed by atoms with Crippen LogP contribution in [0.1, 0.15) is 31.9 Å². The SMILES string of the molecule is COc1cccc(CN(C(=O)CN(c2ccccc2C)S(=O)(=O)c2ccc(Cl)cc2)C(C)C(=O)NCC(C)C)c1. The minimum absolute atomic E-state index is 0.00461. The summed E-state index contributed by atoms with van der Waals surface area (Å²) in [6.07, 6.45) is 0. The van der Waals surface area contributed by atoms with Gasteiger partial charge in [-0.15, -0.1) is 0 Å². The van der Waals surface area contributed by atoms with Crippen LogP contribution in [0.4, 0.5) is 5.69 Å². The summed E-state index contributed by atoms with van der Waals surface area (Å²) in [7, 11) is -2.62. The zero-order valence-electron chi connectivity index (χ0n) is 23.4. The molecule has 8 nitrogen and oxygen atoms in total. The van der Waals surface area contributed by atoms with Crippen LogP contribution < -0.4 is 14.4 Å². The smallest absolute Gasteiger partial charge is 0.264 e. The molecule has 1 N–H and O–H groups in total. The van der Waals surface area contributed by atoms with Crippen molar-refractivity contribution < 1.29 is 22.7 Å². The van der Waals surface area contributed by atoms with Gasteiger partial charge in [0.2, 0.25) is 11.8 Å². The van der Waals surface area contributed by atoms with E-state index in [1.165, 1.54) is 29.2 Å². The Bertz CT molecular complexity index is 1430. The number of para-hydroxylation sites is 1. The van der Waals surface area contributed by atoms with Gasteiger partial charge in [0, 0.05) is 18.1 Å². The number of amides is 2. The Morgan fingerprint density at radius 3 is 2.27 bits per heavy atom. The molecule has 10 heteroatoms. The van der Waals surface area contributed by atoms with Gasteiger partial charge in [0.25, 0.3) is 10.0 Å². The summed E-state index contributed by atoms with van der Waals surface area (Å²) < 4.78 is 34.2. The molecular weight excluding hydrogens is 550 g/mol. The molecule has 3 aromatic carbocycles. The first-order valence-electron chi connectivity index (χ1n) is 13.0. The molecule has 0 spiro atoms. The van der Waals surface area contributed by atoms with Gasteiger partial charge in [-0.1, -0.05) is 55.8 Å². The number of ether oxygens (including phenoxy) is 1. The lowest BCUT2D eigenvalue weighted by Gasteiger charge is -2.32. The summed E-state index contributed by atoms with van der Waals surface area (Å²) >= 11 is 6.00. The largest absolute Gasteiger partial charge is 0.497 e. The number of nitrogens with zero attached hydrogens (tertiary/aromatic N) is 2. The van der Waals surface area contributed by atoms with Crippen molar-refractivity contribution in [1.29, 1.82) is 0 Å². The van der Waals surface area contributed by atoms with Gasteiger partial charge in [0.15, 0.2) is 0 Å². The molecule has 1 atom stereocenters. The molecule has 0 aromatic heterocycles. The van der Waals surface area contributed by atoms with Gasteiger partial charge in [-0.05, 0) is 73.4 Å². The summed E-state index contributed by atoms with van der Waals surface area (Å²) in [5, 5.41) is 3.27. The van der Waals surface area contributed by atoms with Crippen molar-refractivity contribution in [2.24, 2.45) is 5.92 Å². The van der Waals surface area contributed by atoms with Gasteiger partial charge in [-0.2, -0.15) is 0 Å². The molecule has 3 rings (SSSR count). The standard InChI is InChI=1S/C30H36ClN3O5S/c1-21(2)18-32-30(36)23(4)33(19-24-10-8-11-26(17-24)39-5)29(35)20-34(28-12-7-6-9-22(28)3)40(37,38)27-15-13-25(31)14-16-27/h6-17,21,23H,18-20H2,1-5H3,(H,32,36). The maximum Gasteiger partial charge on any atom is 0.264 e. The van der Waals surface area contributed by atoms with Crippen LogP contribution >= 0.6 is 11.6 Å². The molecule has 0 heterocycles. The molecule has 0 fully saturated rings. The van der Waals surface area contributed by atoms with E-state index in [4.69, 9.17) is 16.3 Å². The average Bonchev–Trinajstić information content (AvgIpc) is 2.93. The van der Waals surface area contributed by atoms with Crippen molar-refractivity contribution in [3.63, 3.8) is 0 Å². The van der Waals surface area contributed by atoms with Crippen molar-refractivity contribution in [2.45, 2.75) is 45.2 Å². The first kappa shape index (κ1) is 31.0. The van der Waals surface area contributed by atoms with Crippen LogP contribution in [0.25, 0.3) is 0 Å². The number of anilines is 1. The number of hydrogen-bond acceptors (Lipinski definition) is 5.